The monoisotopic (exact) mass is 314 g/mol. The minimum Gasteiger partial charge on any atom is -0.496 e. The molecular weight excluding hydrogens is 302 g/mol. The highest BCUT2D eigenvalue weighted by Gasteiger charge is 2.21. The summed E-state index contributed by atoms with van der Waals surface area (Å²) in [5.74, 6) is 0.306. The standard InChI is InChI=1S/C15H13ClF2O3/c1-20-12-7-6-9(16)8-11(12)14(19)10-4-2-3-5-13(10)21-15(17)18/h2-8,14-15,19H,1H3. The average molecular weight is 315 g/mol. The fraction of sp³-hybridized carbons (Fsp3) is 0.200. The molecule has 0 aromatic heterocycles. The van der Waals surface area contributed by atoms with Gasteiger partial charge in [0.2, 0.25) is 0 Å². The number of aliphatic hydroxyl groups is 1. The Kier molecular flexibility index (Phi) is 4.98. The summed E-state index contributed by atoms with van der Waals surface area (Å²) < 4.78 is 34.4. The van der Waals surface area contributed by atoms with Crippen LogP contribution in [-0.2, 0) is 0 Å². The van der Waals surface area contributed by atoms with Crippen LogP contribution < -0.4 is 9.47 Å². The maximum Gasteiger partial charge on any atom is 0.387 e. The van der Waals surface area contributed by atoms with Gasteiger partial charge in [0.1, 0.15) is 17.6 Å². The lowest BCUT2D eigenvalue weighted by atomic mass is 10.00. The van der Waals surface area contributed by atoms with Crippen molar-refractivity contribution in [3.8, 4) is 11.5 Å². The van der Waals surface area contributed by atoms with Crippen molar-refractivity contribution in [3.63, 3.8) is 0 Å². The van der Waals surface area contributed by atoms with Gasteiger partial charge in [-0.05, 0) is 24.3 Å². The van der Waals surface area contributed by atoms with Crippen LogP contribution >= 0.6 is 11.6 Å². The minimum atomic E-state index is -2.97. The van der Waals surface area contributed by atoms with E-state index in [1.54, 1.807) is 24.3 Å². The third kappa shape index (κ3) is 3.62. The van der Waals surface area contributed by atoms with E-state index in [1.165, 1.54) is 25.3 Å². The van der Waals surface area contributed by atoms with Gasteiger partial charge in [-0.25, -0.2) is 0 Å². The highest BCUT2D eigenvalue weighted by molar-refractivity contribution is 6.30. The Morgan fingerprint density at radius 2 is 1.76 bits per heavy atom. The van der Waals surface area contributed by atoms with Gasteiger partial charge in [0, 0.05) is 16.1 Å². The number of para-hydroxylation sites is 1. The molecule has 2 rings (SSSR count). The molecule has 0 saturated heterocycles. The molecule has 0 aliphatic rings. The second kappa shape index (κ2) is 6.74. The molecule has 0 heterocycles. The highest BCUT2D eigenvalue weighted by Crippen LogP contribution is 2.36. The van der Waals surface area contributed by atoms with Crippen LogP contribution in [-0.4, -0.2) is 18.8 Å². The lowest BCUT2D eigenvalue weighted by Gasteiger charge is -2.18. The summed E-state index contributed by atoms with van der Waals surface area (Å²) in [4.78, 5) is 0. The fourth-order valence-electron chi connectivity index (χ4n) is 2.00. The maximum absolute atomic E-state index is 12.4. The molecule has 2 aromatic carbocycles. The van der Waals surface area contributed by atoms with Crippen LogP contribution in [0.2, 0.25) is 5.02 Å². The molecule has 1 unspecified atom stereocenters. The van der Waals surface area contributed by atoms with Crippen LogP contribution in [0.3, 0.4) is 0 Å². The molecule has 0 radical (unpaired) electrons. The van der Waals surface area contributed by atoms with Crippen LogP contribution in [0.25, 0.3) is 0 Å². The molecule has 0 aliphatic heterocycles. The van der Waals surface area contributed by atoms with Gasteiger partial charge in [-0.15, -0.1) is 0 Å². The number of benzene rings is 2. The number of halogens is 3. The van der Waals surface area contributed by atoms with Crippen LogP contribution in [0, 0.1) is 0 Å². The number of ether oxygens (including phenoxy) is 2. The maximum atomic E-state index is 12.4. The van der Waals surface area contributed by atoms with Crippen molar-refractivity contribution in [1.29, 1.82) is 0 Å². The first kappa shape index (κ1) is 15.5. The molecule has 1 atom stereocenters. The first-order chi connectivity index (χ1) is 10.0. The summed E-state index contributed by atoms with van der Waals surface area (Å²) in [7, 11) is 1.45. The van der Waals surface area contributed by atoms with Gasteiger partial charge in [-0.3, -0.25) is 0 Å². The van der Waals surface area contributed by atoms with E-state index >= 15 is 0 Å². The topological polar surface area (TPSA) is 38.7 Å². The Labute approximate surface area is 125 Å². The second-order valence-corrected chi connectivity index (χ2v) is 4.64. The lowest BCUT2D eigenvalue weighted by molar-refractivity contribution is -0.0512. The van der Waals surface area contributed by atoms with E-state index in [4.69, 9.17) is 16.3 Å². The first-order valence-electron chi connectivity index (χ1n) is 6.08. The number of hydrogen-bond donors (Lipinski definition) is 1. The SMILES string of the molecule is COc1ccc(Cl)cc1C(O)c1ccccc1OC(F)F. The normalized spacial score (nSPS) is 12.3. The predicted molar refractivity (Wildman–Crippen MR) is 75.1 cm³/mol. The largest absolute Gasteiger partial charge is 0.496 e. The average Bonchev–Trinajstić information content (AvgIpc) is 2.46. The van der Waals surface area contributed by atoms with E-state index < -0.39 is 12.7 Å². The fourth-order valence-corrected chi connectivity index (χ4v) is 2.18. The zero-order valence-electron chi connectivity index (χ0n) is 11.1. The minimum absolute atomic E-state index is 0.0953. The molecule has 2 aromatic rings. The Morgan fingerprint density at radius 3 is 2.43 bits per heavy atom. The van der Waals surface area contributed by atoms with Crippen molar-refractivity contribution in [2.24, 2.45) is 0 Å². The molecule has 6 heteroatoms. The van der Waals surface area contributed by atoms with Gasteiger partial charge >= 0.3 is 6.61 Å². The zero-order valence-corrected chi connectivity index (χ0v) is 11.8. The molecule has 21 heavy (non-hydrogen) atoms. The van der Waals surface area contributed by atoms with Crippen molar-refractivity contribution in [3.05, 3.63) is 58.6 Å². The Bertz CT molecular complexity index is 620. The molecule has 0 fully saturated rings. The van der Waals surface area contributed by atoms with Crippen LogP contribution in [0.15, 0.2) is 42.5 Å². The van der Waals surface area contributed by atoms with Gasteiger partial charge in [0.15, 0.2) is 0 Å². The quantitative estimate of drug-likeness (QED) is 0.905. The second-order valence-electron chi connectivity index (χ2n) is 4.21. The summed E-state index contributed by atoms with van der Waals surface area (Å²) in [6.07, 6.45) is -1.20. The van der Waals surface area contributed by atoms with Crippen molar-refractivity contribution < 1.29 is 23.4 Å². The van der Waals surface area contributed by atoms with E-state index in [0.717, 1.165) is 0 Å². The number of methoxy groups -OCH3 is 1. The van der Waals surface area contributed by atoms with E-state index in [0.29, 0.717) is 16.3 Å². The summed E-state index contributed by atoms with van der Waals surface area (Å²) in [6, 6.07) is 10.8. The van der Waals surface area contributed by atoms with Crippen LogP contribution in [0.5, 0.6) is 11.5 Å². The van der Waals surface area contributed by atoms with E-state index in [-0.39, 0.29) is 11.3 Å². The zero-order chi connectivity index (χ0) is 15.4. The molecule has 0 saturated carbocycles. The van der Waals surface area contributed by atoms with Gasteiger partial charge < -0.3 is 14.6 Å². The van der Waals surface area contributed by atoms with Gasteiger partial charge in [-0.2, -0.15) is 8.78 Å². The predicted octanol–water partition coefficient (Wildman–Crippen LogP) is 4.03. The number of rotatable bonds is 5. The number of alkyl halides is 2. The smallest absolute Gasteiger partial charge is 0.387 e. The summed E-state index contributed by atoms with van der Waals surface area (Å²) in [5, 5.41) is 10.9. The summed E-state index contributed by atoms with van der Waals surface area (Å²) in [6.45, 7) is -2.97. The first-order valence-corrected chi connectivity index (χ1v) is 6.46. The molecule has 0 amide bonds. The molecule has 0 spiro atoms. The molecular formula is C15H13ClF2O3. The third-order valence-corrected chi connectivity index (χ3v) is 3.15. The Hall–Kier alpha value is -1.85. The van der Waals surface area contributed by atoms with Crippen LogP contribution in [0.1, 0.15) is 17.2 Å². The Balaban J connectivity index is 2.45. The van der Waals surface area contributed by atoms with Crippen molar-refractivity contribution in [2.75, 3.05) is 7.11 Å². The van der Waals surface area contributed by atoms with E-state index in [2.05, 4.69) is 4.74 Å². The van der Waals surface area contributed by atoms with Crippen molar-refractivity contribution >= 4 is 11.6 Å². The molecule has 0 bridgehead atoms. The molecule has 112 valence electrons. The van der Waals surface area contributed by atoms with Crippen molar-refractivity contribution in [1.82, 2.24) is 0 Å². The highest BCUT2D eigenvalue weighted by atomic mass is 35.5. The molecule has 0 aliphatic carbocycles. The van der Waals surface area contributed by atoms with E-state index in [9.17, 15) is 13.9 Å². The van der Waals surface area contributed by atoms with Crippen LogP contribution in [0.4, 0.5) is 8.78 Å². The third-order valence-electron chi connectivity index (χ3n) is 2.92. The van der Waals surface area contributed by atoms with Crippen molar-refractivity contribution in [2.45, 2.75) is 12.7 Å². The van der Waals surface area contributed by atoms with Gasteiger partial charge in [0.05, 0.1) is 7.11 Å². The molecule has 1 N–H and O–H groups in total. The summed E-state index contributed by atoms with van der Waals surface area (Å²) in [5.41, 5.74) is 0.577. The van der Waals surface area contributed by atoms with Gasteiger partial charge in [-0.1, -0.05) is 29.8 Å². The lowest BCUT2D eigenvalue weighted by Crippen LogP contribution is -2.08. The van der Waals surface area contributed by atoms with E-state index in [1.807, 2.05) is 0 Å². The number of aliphatic hydroxyl groups excluding tert-OH is 1. The summed E-state index contributed by atoms with van der Waals surface area (Å²) >= 11 is 5.91. The van der Waals surface area contributed by atoms with Gasteiger partial charge in [0.25, 0.3) is 0 Å². The number of hydrogen-bond acceptors (Lipinski definition) is 3. The molecule has 3 nitrogen and oxygen atoms in total. The Morgan fingerprint density at radius 1 is 1.05 bits per heavy atom.